The Balaban J connectivity index is 1.73. The van der Waals surface area contributed by atoms with Gasteiger partial charge in [-0.15, -0.1) is 0 Å². The van der Waals surface area contributed by atoms with Crippen LogP contribution in [-0.2, 0) is 11.2 Å². The Hall–Kier alpha value is -1.81. The molecule has 0 radical (unpaired) electrons. The van der Waals surface area contributed by atoms with Crippen LogP contribution in [0.4, 0.5) is 0 Å². The molecule has 1 fully saturated rings. The Labute approximate surface area is 117 Å². The third kappa shape index (κ3) is 1.75. The van der Waals surface area contributed by atoms with E-state index >= 15 is 0 Å². The summed E-state index contributed by atoms with van der Waals surface area (Å²) >= 11 is 0. The molecule has 104 valence electrons. The van der Waals surface area contributed by atoms with Crippen LogP contribution in [0.25, 0.3) is 10.9 Å². The lowest BCUT2D eigenvalue weighted by Crippen LogP contribution is -2.53. The normalized spacial score (nSPS) is 28.1. The van der Waals surface area contributed by atoms with Gasteiger partial charge < -0.3 is 15.6 Å². The first-order chi connectivity index (χ1) is 9.72. The minimum atomic E-state index is 0.0617. The van der Waals surface area contributed by atoms with E-state index < -0.39 is 0 Å². The van der Waals surface area contributed by atoms with E-state index in [1.807, 2.05) is 0 Å². The van der Waals surface area contributed by atoms with Gasteiger partial charge in [-0.25, -0.2) is 0 Å². The third-order valence-corrected chi connectivity index (χ3v) is 4.72. The zero-order valence-electron chi connectivity index (χ0n) is 11.6. The molecule has 4 rings (SSSR count). The van der Waals surface area contributed by atoms with Crippen LogP contribution in [0, 0.1) is 0 Å². The molecule has 1 amide bonds. The van der Waals surface area contributed by atoms with Crippen molar-refractivity contribution in [2.24, 2.45) is 0 Å². The smallest absolute Gasteiger partial charge is 0.217 e. The van der Waals surface area contributed by atoms with Gasteiger partial charge in [0.15, 0.2) is 0 Å². The summed E-state index contributed by atoms with van der Waals surface area (Å²) in [5, 5.41) is 8.08. The summed E-state index contributed by atoms with van der Waals surface area (Å²) in [5.41, 5.74) is 4.08. The van der Waals surface area contributed by atoms with Gasteiger partial charge in [-0.1, -0.05) is 12.1 Å². The highest BCUT2D eigenvalue weighted by molar-refractivity contribution is 5.88. The van der Waals surface area contributed by atoms with E-state index in [9.17, 15) is 4.79 Å². The van der Waals surface area contributed by atoms with Crippen molar-refractivity contribution in [2.45, 2.75) is 37.8 Å². The summed E-state index contributed by atoms with van der Waals surface area (Å²) < 4.78 is 0. The molecule has 1 aromatic carbocycles. The van der Waals surface area contributed by atoms with Crippen LogP contribution in [0.3, 0.4) is 0 Å². The number of amides is 1. The molecule has 3 atom stereocenters. The summed E-state index contributed by atoms with van der Waals surface area (Å²) in [5.74, 6) is 0.555. The first kappa shape index (κ1) is 12.0. The fourth-order valence-electron chi connectivity index (χ4n) is 3.94. The Morgan fingerprint density at radius 1 is 1.40 bits per heavy atom. The molecule has 2 aromatic rings. The highest BCUT2D eigenvalue weighted by atomic mass is 16.1. The molecule has 20 heavy (non-hydrogen) atoms. The van der Waals surface area contributed by atoms with Crippen LogP contribution in [0.1, 0.15) is 30.4 Å². The summed E-state index contributed by atoms with van der Waals surface area (Å²) in [4.78, 5) is 14.7. The highest BCUT2D eigenvalue weighted by Gasteiger charge is 2.36. The standard InChI is InChI=1S/C16H19N3O/c1-9(20)19-11-6-13-12-3-2-4-14-16(12)10(7-17-14)5-15(13)18-8-11/h2-4,7,11,13,15,17-18H,5-6,8H2,1H3,(H,19,20)/t11?,13?,15-/m1/s1. The first-order valence-corrected chi connectivity index (χ1v) is 7.31. The van der Waals surface area contributed by atoms with Gasteiger partial charge in [-0.3, -0.25) is 4.79 Å². The minimum Gasteiger partial charge on any atom is -0.361 e. The SMILES string of the molecule is CC(=O)NC1CN[C@@H]2Cc3c[nH]c4cccc(c34)C2C1. The van der Waals surface area contributed by atoms with E-state index in [-0.39, 0.29) is 11.9 Å². The molecule has 0 saturated carbocycles. The second-order valence-corrected chi connectivity index (χ2v) is 6.04. The summed E-state index contributed by atoms with van der Waals surface area (Å²) in [6.07, 6.45) is 4.25. The maximum absolute atomic E-state index is 11.3. The molecule has 1 aromatic heterocycles. The van der Waals surface area contributed by atoms with E-state index in [0.717, 1.165) is 19.4 Å². The Bertz CT molecular complexity index is 675. The van der Waals surface area contributed by atoms with Crippen molar-refractivity contribution in [3.63, 3.8) is 0 Å². The van der Waals surface area contributed by atoms with Crippen molar-refractivity contribution in [3.8, 4) is 0 Å². The number of benzene rings is 1. The van der Waals surface area contributed by atoms with Crippen molar-refractivity contribution in [1.29, 1.82) is 0 Å². The molecule has 0 bridgehead atoms. The monoisotopic (exact) mass is 269 g/mol. The molecule has 1 saturated heterocycles. The van der Waals surface area contributed by atoms with Crippen molar-refractivity contribution in [3.05, 3.63) is 35.5 Å². The summed E-state index contributed by atoms with van der Waals surface area (Å²) in [6, 6.07) is 7.25. The Kier molecular flexibility index (Phi) is 2.60. The predicted molar refractivity (Wildman–Crippen MR) is 78.8 cm³/mol. The highest BCUT2D eigenvalue weighted by Crippen LogP contribution is 2.40. The van der Waals surface area contributed by atoms with Gasteiger partial charge in [0.1, 0.15) is 0 Å². The zero-order chi connectivity index (χ0) is 13.7. The maximum atomic E-state index is 11.3. The second-order valence-electron chi connectivity index (χ2n) is 6.04. The number of carbonyl (C=O) groups is 1. The van der Waals surface area contributed by atoms with Crippen molar-refractivity contribution >= 4 is 16.8 Å². The lowest BCUT2D eigenvalue weighted by atomic mass is 9.75. The van der Waals surface area contributed by atoms with Crippen LogP contribution in [0.2, 0.25) is 0 Å². The quantitative estimate of drug-likeness (QED) is 0.737. The van der Waals surface area contributed by atoms with Gasteiger partial charge in [0.2, 0.25) is 5.91 Å². The molecule has 0 spiro atoms. The van der Waals surface area contributed by atoms with Gasteiger partial charge >= 0.3 is 0 Å². The number of carbonyl (C=O) groups excluding carboxylic acids is 1. The van der Waals surface area contributed by atoms with Gasteiger partial charge in [-0.2, -0.15) is 0 Å². The number of aromatic amines is 1. The van der Waals surface area contributed by atoms with Gasteiger partial charge in [0.05, 0.1) is 0 Å². The lowest BCUT2D eigenvalue weighted by Gasteiger charge is -2.40. The van der Waals surface area contributed by atoms with Gasteiger partial charge in [-0.05, 0) is 30.0 Å². The number of hydrogen-bond acceptors (Lipinski definition) is 2. The van der Waals surface area contributed by atoms with Gasteiger partial charge in [0, 0.05) is 48.6 Å². The molecular weight excluding hydrogens is 250 g/mol. The van der Waals surface area contributed by atoms with E-state index in [1.165, 1.54) is 22.0 Å². The summed E-state index contributed by atoms with van der Waals surface area (Å²) in [6.45, 7) is 2.47. The lowest BCUT2D eigenvalue weighted by molar-refractivity contribution is -0.119. The molecule has 2 unspecified atom stereocenters. The van der Waals surface area contributed by atoms with Crippen molar-refractivity contribution < 1.29 is 4.79 Å². The molecule has 2 heterocycles. The molecule has 4 nitrogen and oxygen atoms in total. The molecule has 3 N–H and O–H groups in total. The van der Waals surface area contributed by atoms with E-state index in [2.05, 4.69) is 40.0 Å². The fraction of sp³-hybridized carbons (Fsp3) is 0.438. The first-order valence-electron chi connectivity index (χ1n) is 7.31. The van der Waals surface area contributed by atoms with Crippen LogP contribution in [0.5, 0.6) is 0 Å². The average Bonchev–Trinajstić information content (AvgIpc) is 2.84. The van der Waals surface area contributed by atoms with Crippen LogP contribution >= 0.6 is 0 Å². The number of rotatable bonds is 1. The topological polar surface area (TPSA) is 56.9 Å². The third-order valence-electron chi connectivity index (χ3n) is 4.72. The van der Waals surface area contributed by atoms with Crippen molar-refractivity contribution in [1.82, 2.24) is 15.6 Å². The molecule has 4 heteroatoms. The zero-order valence-corrected chi connectivity index (χ0v) is 11.6. The van der Waals surface area contributed by atoms with Crippen LogP contribution < -0.4 is 10.6 Å². The second kappa shape index (κ2) is 4.35. The number of H-pyrrole nitrogens is 1. The molecule has 1 aliphatic heterocycles. The number of fused-ring (bicyclic) bond motifs is 2. The summed E-state index contributed by atoms with van der Waals surface area (Å²) in [7, 11) is 0. The predicted octanol–water partition coefficient (Wildman–Crippen LogP) is 1.67. The molecular formula is C16H19N3O. The Morgan fingerprint density at radius 3 is 3.15 bits per heavy atom. The number of piperidine rings is 1. The largest absolute Gasteiger partial charge is 0.361 e. The minimum absolute atomic E-state index is 0.0617. The number of aromatic nitrogens is 1. The van der Waals surface area contributed by atoms with E-state index in [0.29, 0.717) is 12.0 Å². The number of nitrogens with one attached hydrogen (secondary N) is 3. The fourth-order valence-corrected chi connectivity index (χ4v) is 3.94. The van der Waals surface area contributed by atoms with Crippen LogP contribution in [-0.4, -0.2) is 29.5 Å². The average molecular weight is 269 g/mol. The van der Waals surface area contributed by atoms with E-state index in [4.69, 9.17) is 0 Å². The number of hydrogen-bond donors (Lipinski definition) is 3. The molecule has 2 aliphatic rings. The van der Waals surface area contributed by atoms with E-state index in [1.54, 1.807) is 6.92 Å². The Morgan fingerprint density at radius 2 is 2.30 bits per heavy atom. The maximum Gasteiger partial charge on any atom is 0.217 e. The van der Waals surface area contributed by atoms with Crippen molar-refractivity contribution in [2.75, 3.05) is 6.54 Å². The van der Waals surface area contributed by atoms with Gasteiger partial charge in [0.25, 0.3) is 0 Å². The van der Waals surface area contributed by atoms with Crippen LogP contribution in [0.15, 0.2) is 24.4 Å². The molecule has 1 aliphatic carbocycles.